The molecular weight excluding hydrogens is 292 g/mol. The van der Waals surface area contributed by atoms with Crippen LogP contribution < -0.4 is 10.6 Å². The van der Waals surface area contributed by atoms with Crippen molar-refractivity contribution < 1.29 is 14.3 Å². The zero-order chi connectivity index (χ0) is 17.3. The van der Waals surface area contributed by atoms with Gasteiger partial charge >= 0.3 is 6.09 Å². The molecule has 3 atom stereocenters. The van der Waals surface area contributed by atoms with Crippen LogP contribution in [0.1, 0.15) is 66.2 Å². The van der Waals surface area contributed by atoms with Crippen molar-refractivity contribution in [2.45, 2.75) is 83.9 Å². The van der Waals surface area contributed by atoms with Crippen LogP contribution in [0.3, 0.4) is 0 Å². The number of nitrogens with one attached hydrogen (secondary N) is 2. The standard InChI is InChI=1S/C18H36N2O3/c1-14-8-6-9-15(12-14)20-16(13-22-5)10-7-11-19-17(21)23-18(2,3)4/h14-16,20H,6-13H2,1-5H3,(H,19,21). The van der Waals surface area contributed by atoms with Crippen LogP contribution in [0.15, 0.2) is 0 Å². The smallest absolute Gasteiger partial charge is 0.407 e. The second kappa shape index (κ2) is 10.1. The Kier molecular flexibility index (Phi) is 8.92. The molecule has 136 valence electrons. The van der Waals surface area contributed by atoms with Crippen LogP contribution in [0, 0.1) is 5.92 Å². The number of carbonyl (C=O) groups excluding carboxylic acids is 1. The molecule has 0 aliphatic heterocycles. The highest BCUT2D eigenvalue weighted by molar-refractivity contribution is 5.67. The van der Waals surface area contributed by atoms with E-state index in [1.165, 1.54) is 25.7 Å². The zero-order valence-corrected chi connectivity index (χ0v) is 15.6. The molecule has 0 aromatic rings. The highest BCUT2D eigenvalue weighted by Crippen LogP contribution is 2.24. The number of amides is 1. The van der Waals surface area contributed by atoms with Crippen molar-refractivity contribution in [1.82, 2.24) is 10.6 Å². The lowest BCUT2D eigenvalue weighted by Gasteiger charge is -2.31. The van der Waals surface area contributed by atoms with E-state index >= 15 is 0 Å². The fraction of sp³-hybridized carbons (Fsp3) is 0.944. The Morgan fingerprint density at radius 3 is 2.65 bits per heavy atom. The molecule has 0 bridgehead atoms. The van der Waals surface area contributed by atoms with Gasteiger partial charge in [0.25, 0.3) is 0 Å². The topological polar surface area (TPSA) is 59.6 Å². The van der Waals surface area contributed by atoms with Gasteiger partial charge in [0.2, 0.25) is 0 Å². The Balaban J connectivity index is 2.23. The fourth-order valence-corrected chi connectivity index (χ4v) is 3.19. The van der Waals surface area contributed by atoms with E-state index in [0.29, 0.717) is 18.6 Å². The van der Waals surface area contributed by atoms with Crippen LogP contribution in [-0.4, -0.2) is 44.0 Å². The van der Waals surface area contributed by atoms with Crippen molar-refractivity contribution >= 4 is 6.09 Å². The van der Waals surface area contributed by atoms with Crippen molar-refractivity contribution in [2.75, 3.05) is 20.3 Å². The first kappa shape index (κ1) is 20.2. The molecule has 5 nitrogen and oxygen atoms in total. The van der Waals surface area contributed by atoms with Gasteiger partial charge in [-0.1, -0.05) is 19.8 Å². The van der Waals surface area contributed by atoms with E-state index in [2.05, 4.69) is 17.6 Å². The second-order valence-corrected chi connectivity index (χ2v) is 7.86. The molecule has 0 heterocycles. The van der Waals surface area contributed by atoms with Crippen molar-refractivity contribution in [3.05, 3.63) is 0 Å². The van der Waals surface area contributed by atoms with E-state index in [1.54, 1.807) is 7.11 Å². The first-order chi connectivity index (χ1) is 10.8. The van der Waals surface area contributed by atoms with E-state index in [0.717, 1.165) is 25.4 Å². The van der Waals surface area contributed by atoms with Crippen LogP contribution in [0.25, 0.3) is 0 Å². The summed E-state index contributed by atoms with van der Waals surface area (Å²) in [5, 5.41) is 6.56. The number of carbonyl (C=O) groups is 1. The summed E-state index contributed by atoms with van der Waals surface area (Å²) in [6.07, 6.45) is 6.77. The lowest BCUT2D eigenvalue weighted by Crippen LogP contribution is -2.43. The molecule has 0 spiro atoms. The average Bonchev–Trinajstić information content (AvgIpc) is 2.42. The van der Waals surface area contributed by atoms with Crippen molar-refractivity contribution in [3.8, 4) is 0 Å². The summed E-state index contributed by atoms with van der Waals surface area (Å²) in [7, 11) is 1.75. The predicted molar refractivity (Wildman–Crippen MR) is 93.7 cm³/mol. The summed E-state index contributed by atoms with van der Waals surface area (Å²) < 4.78 is 10.6. The van der Waals surface area contributed by atoms with Gasteiger partial charge < -0.3 is 20.1 Å². The fourth-order valence-electron chi connectivity index (χ4n) is 3.19. The third-order valence-electron chi connectivity index (χ3n) is 4.17. The third-order valence-corrected chi connectivity index (χ3v) is 4.17. The van der Waals surface area contributed by atoms with Crippen LogP contribution in [-0.2, 0) is 9.47 Å². The molecule has 23 heavy (non-hydrogen) atoms. The zero-order valence-electron chi connectivity index (χ0n) is 15.6. The first-order valence-electron chi connectivity index (χ1n) is 9.02. The monoisotopic (exact) mass is 328 g/mol. The van der Waals surface area contributed by atoms with Crippen molar-refractivity contribution in [2.24, 2.45) is 5.92 Å². The van der Waals surface area contributed by atoms with Crippen LogP contribution in [0.2, 0.25) is 0 Å². The van der Waals surface area contributed by atoms with E-state index in [1.807, 2.05) is 20.8 Å². The summed E-state index contributed by atoms with van der Waals surface area (Å²) >= 11 is 0. The molecule has 0 aromatic heterocycles. The number of rotatable bonds is 8. The summed E-state index contributed by atoms with van der Waals surface area (Å²) in [5.74, 6) is 0.818. The van der Waals surface area contributed by atoms with Gasteiger partial charge in [0.15, 0.2) is 0 Å². The van der Waals surface area contributed by atoms with Crippen molar-refractivity contribution in [3.63, 3.8) is 0 Å². The number of hydrogen-bond donors (Lipinski definition) is 2. The minimum atomic E-state index is -0.443. The predicted octanol–water partition coefficient (Wildman–Crippen LogP) is 3.47. The molecule has 0 aromatic carbocycles. The highest BCUT2D eigenvalue weighted by Gasteiger charge is 2.21. The molecule has 1 aliphatic rings. The Labute approximate surface area is 141 Å². The first-order valence-corrected chi connectivity index (χ1v) is 9.02. The SMILES string of the molecule is COCC(CCCNC(=O)OC(C)(C)C)NC1CCCC(C)C1. The summed E-state index contributed by atoms with van der Waals surface area (Å²) in [4.78, 5) is 11.6. The molecule has 3 unspecified atom stereocenters. The Morgan fingerprint density at radius 1 is 1.30 bits per heavy atom. The third kappa shape index (κ3) is 9.82. The van der Waals surface area contributed by atoms with Crippen LogP contribution in [0.4, 0.5) is 4.79 Å². The van der Waals surface area contributed by atoms with Gasteiger partial charge in [-0.25, -0.2) is 4.79 Å². The molecular formula is C18H36N2O3. The Bertz CT molecular complexity index is 342. The van der Waals surface area contributed by atoms with Gasteiger partial charge in [-0.3, -0.25) is 0 Å². The van der Waals surface area contributed by atoms with Crippen molar-refractivity contribution in [1.29, 1.82) is 0 Å². The van der Waals surface area contributed by atoms with E-state index in [4.69, 9.17) is 9.47 Å². The number of ether oxygens (including phenoxy) is 2. The number of hydrogen-bond acceptors (Lipinski definition) is 4. The molecule has 1 aliphatic carbocycles. The number of alkyl carbamates (subject to hydrolysis) is 1. The maximum atomic E-state index is 11.6. The molecule has 2 N–H and O–H groups in total. The van der Waals surface area contributed by atoms with Crippen LogP contribution >= 0.6 is 0 Å². The van der Waals surface area contributed by atoms with Gasteiger partial charge in [-0.2, -0.15) is 0 Å². The molecule has 1 fully saturated rings. The lowest BCUT2D eigenvalue weighted by atomic mass is 9.86. The van der Waals surface area contributed by atoms with E-state index in [-0.39, 0.29) is 6.09 Å². The average molecular weight is 328 g/mol. The van der Waals surface area contributed by atoms with Gasteiger partial charge in [0.05, 0.1) is 6.61 Å². The highest BCUT2D eigenvalue weighted by atomic mass is 16.6. The molecule has 1 rings (SSSR count). The van der Waals surface area contributed by atoms with Gasteiger partial charge in [-0.05, 0) is 52.4 Å². The van der Waals surface area contributed by atoms with Crippen LogP contribution in [0.5, 0.6) is 0 Å². The molecule has 5 heteroatoms. The second-order valence-electron chi connectivity index (χ2n) is 7.86. The lowest BCUT2D eigenvalue weighted by molar-refractivity contribution is 0.0525. The molecule has 1 saturated carbocycles. The largest absolute Gasteiger partial charge is 0.444 e. The van der Waals surface area contributed by atoms with E-state index < -0.39 is 5.60 Å². The summed E-state index contributed by atoms with van der Waals surface area (Å²) in [5.41, 5.74) is -0.443. The quantitative estimate of drug-likeness (QED) is 0.670. The molecule has 1 amide bonds. The minimum Gasteiger partial charge on any atom is -0.444 e. The van der Waals surface area contributed by atoms with Gasteiger partial charge in [0.1, 0.15) is 5.60 Å². The summed E-state index contributed by atoms with van der Waals surface area (Å²) in [6.45, 7) is 9.31. The van der Waals surface area contributed by atoms with Gasteiger partial charge in [0, 0.05) is 25.7 Å². The Hall–Kier alpha value is -0.810. The normalized spacial score (nSPS) is 23.3. The molecule has 0 radical (unpaired) electrons. The maximum absolute atomic E-state index is 11.6. The van der Waals surface area contributed by atoms with E-state index in [9.17, 15) is 4.79 Å². The Morgan fingerprint density at radius 2 is 2.04 bits per heavy atom. The number of methoxy groups -OCH3 is 1. The maximum Gasteiger partial charge on any atom is 0.407 e. The minimum absolute atomic E-state index is 0.338. The van der Waals surface area contributed by atoms with Gasteiger partial charge in [-0.15, -0.1) is 0 Å². The molecule has 0 saturated heterocycles. The summed E-state index contributed by atoms with van der Waals surface area (Å²) in [6, 6.07) is 0.966.